The molecule has 0 fully saturated rings. The Bertz CT molecular complexity index is 428. The van der Waals surface area contributed by atoms with Crippen LogP contribution in [0.15, 0.2) is 24.3 Å². The van der Waals surface area contributed by atoms with Gasteiger partial charge in [0.25, 0.3) is 0 Å². The molecular formula is C15H19F3O. The van der Waals surface area contributed by atoms with E-state index in [9.17, 15) is 18.3 Å². The highest BCUT2D eigenvalue weighted by Crippen LogP contribution is 2.38. The van der Waals surface area contributed by atoms with E-state index in [4.69, 9.17) is 0 Å². The summed E-state index contributed by atoms with van der Waals surface area (Å²) in [5, 5.41) is 10.7. The van der Waals surface area contributed by atoms with E-state index in [0.29, 0.717) is 6.42 Å². The molecule has 4 heteroatoms. The molecule has 0 saturated carbocycles. The molecule has 0 aliphatic heterocycles. The zero-order valence-electron chi connectivity index (χ0n) is 10.8. The van der Waals surface area contributed by atoms with Crippen LogP contribution in [0.4, 0.5) is 13.2 Å². The fraction of sp³-hybridized carbons (Fsp3) is 0.600. The minimum atomic E-state index is -4.14. The number of benzene rings is 1. The average molecular weight is 272 g/mol. The van der Waals surface area contributed by atoms with Crippen molar-refractivity contribution >= 4 is 0 Å². The Kier molecular flexibility index (Phi) is 4.19. The lowest BCUT2D eigenvalue weighted by molar-refractivity contribution is -0.138. The summed E-state index contributed by atoms with van der Waals surface area (Å²) < 4.78 is 36.7. The van der Waals surface area contributed by atoms with E-state index in [1.54, 1.807) is 0 Å². The maximum atomic E-state index is 12.2. The van der Waals surface area contributed by atoms with Crippen molar-refractivity contribution in [3.8, 4) is 0 Å². The van der Waals surface area contributed by atoms with Crippen LogP contribution < -0.4 is 0 Å². The molecule has 1 N–H and O–H groups in total. The van der Waals surface area contributed by atoms with Crippen LogP contribution in [0.3, 0.4) is 0 Å². The molecule has 0 spiro atoms. The van der Waals surface area contributed by atoms with Crippen LogP contribution in [-0.2, 0) is 12.0 Å². The van der Waals surface area contributed by atoms with E-state index in [0.717, 1.165) is 30.4 Å². The molecule has 0 saturated heterocycles. The van der Waals surface area contributed by atoms with Gasteiger partial charge in [-0.05, 0) is 49.7 Å². The summed E-state index contributed by atoms with van der Waals surface area (Å²) in [5.74, 6) is 0. The second kappa shape index (κ2) is 5.53. The van der Waals surface area contributed by atoms with Gasteiger partial charge in [0, 0.05) is 6.42 Å². The summed E-state index contributed by atoms with van der Waals surface area (Å²) in [4.78, 5) is 0. The van der Waals surface area contributed by atoms with Gasteiger partial charge in [-0.15, -0.1) is 0 Å². The molecule has 19 heavy (non-hydrogen) atoms. The number of halogens is 3. The van der Waals surface area contributed by atoms with E-state index in [-0.39, 0.29) is 12.8 Å². The number of alkyl halides is 3. The van der Waals surface area contributed by atoms with Crippen molar-refractivity contribution in [1.29, 1.82) is 0 Å². The van der Waals surface area contributed by atoms with E-state index in [2.05, 4.69) is 0 Å². The van der Waals surface area contributed by atoms with E-state index in [1.165, 1.54) is 0 Å². The number of hydrogen-bond donors (Lipinski definition) is 1. The van der Waals surface area contributed by atoms with Crippen molar-refractivity contribution in [3.63, 3.8) is 0 Å². The van der Waals surface area contributed by atoms with Crippen LogP contribution in [-0.4, -0.2) is 11.3 Å². The zero-order chi connectivity index (χ0) is 13.9. The predicted molar refractivity (Wildman–Crippen MR) is 67.8 cm³/mol. The second-order valence-corrected chi connectivity index (χ2v) is 5.36. The summed E-state index contributed by atoms with van der Waals surface area (Å²) in [6.07, 6.45) is -1.49. The second-order valence-electron chi connectivity index (χ2n) is 5.36. The van der Waals surface area contributed by atoms with Gasteiger partial charge in [0.2, 0.25) is 0 Å². The third kappa shape index (κ3) is 3.72. The molecule has 0 bridgehead atoms. The lowest BCUT2D eigenvalue weighted by Gasteiger charge is -2.29. The van der Waals surface area contributed by atoms with Crippen molar-refractivity contribution in [2.45, 2.75) is 56.7 Å². The Morgan fingerprint density at radius 2 is 1.89 bits per heavy atom. The number of aliphatic hydroxyl groups is 1. The van der Waals surface area contributed by atoms with Gasteiger partial charge >= 0.3 is 6.18 Å². The van der Waals surface area contributed by atoms with Gasteiger partial charge < -0.3 is 5.11 Å². The molecule has 0 amide bonds. The van der Waals surface area contributed by atoms with Crippen molar-refractivity contribution in [2.24, 2.45) is 0 Å². The minimum Gasteiger partial charge on any atom is -0.385 e. The van der Waals surface area contributed by atoms with Gasteiger partial charge in [-0.1, -0.05) is 24.3 Å². The molecular weight excluding hydrogens is 253 g/mol. The molecule has 1 aliphatic rings. The van der Waals surface area contributed by atoms with Crippen LogP contribution in [0.1, 0.15) is 49.7 Å². The largest absolute Gasteiger partial charge is 0.389 e. The first-order valence-electron chi connectivity index (χ1n) is 6.78. The van der Waals surface area contributed by atoms with Gasteiger partial charge in [-0.25, -0.2) is 0 Å². The van der Waals surface area contributed by atoms with Crippen LogP contribution in [0.2, 0.25) is 0 Å². The zero-order valence-corrected chi connectivity index (χ0v) is 10.8. The number of fused-ring (bicyclic) bond motifs is 1. The van der Waals surface area contributed by atoms with Crippen LogP contribution in [0, 0.1) is 0 Å². The fourth-order valence-corrected chi connectivity index (χ4v) is 2.90. The van der Waals surface area contributed by atoms with E-state index < -0.39 is 18.2 Å². The minimum absolute atomic E-state index is 0.0195. The van der Waals surface area contributed by atoms with Crippen molar-refractivity contribution < 1.29 is 18.3 Å². The Balaban J connectivity index is 2.13. The monoisotopic (exact) mass is 272 g/mol. The number of rotatable bonds is 3. The molecule has 1 aromatic carbocycles. The van der Waals surface area contributed by atoms with Gasteiger partial charge in [0.05, 0.1) is 5.60 Å². The first kappa shape index (κ1) is 14.4. The molecule has 1 aromatic rings. The van der Waals surface area contributed by atoms with Gasteiger partial charge in [-0.3, -0.25) is 0 Å². The first-order valence-corrected chi connectivity index (χ1v) is 6.78. The topological polar surface area (TPSA) is 20.2 Å². The Hall–Kier alpha value is -1.03. The predicted octanol–water partition coefficient (Wildman–Crippen LogP) is 4.33. The standard InChI is InChI=1S/C15H19F3O/c16-15(17,18)11-5-10-14(19)9-4-3-7-12-6-1-2-8-13(12)14/h1-2,6,8,19H,3-5,7,9-11H2. The quantitative estimate of drug-likeness (QED) is 0.812. The third-order valence-electron chi connectivity index (χ3n) is 3.86. The van der Waals surface area contributed by atoms with Crippen LogP contribution >= 0.6 is 0 Å². The average Bonchev–Trinajstić information content (AvgIpc) is 2.49. The molecule has 0 radical (unpaired) electrons. The lowest BCUT2D eigenvalue weighted by atomic mass is 9.84. The molecule has 1 nitrogen and oxygen atoms in total. The Morgan fingerprint density at radius 3 is 2.63 bits per heavy atom. The SMILES string of the molecule is OC1(CCCC(F)(F)F)CCCCc2ccccc21. The number of aryl methyl sites for hydroxylation is 1. The van der Waals surface area contributed by atoms with Gasteiger partial charge in [0.15, 0.2) is 0 Å². The van der Waals surface area contributed by atoms with Crippen molar-refractivity contribution in [3.05, 3.63) is 35.4 Å². The van der Waals surface area contributed by atoms with E-state index >= 15 is 0 Å². The van der Waals surface area contributed by atoms with Crippen LogP contribution in [0.5, 0.6) is 0 Å². The molecule has 1 atom stereocenters. The first-order chi connectivity index (χ1) is 8.91. The Morgan fingerprint density at radius 1 is 1.16 bits per heavy atom. The van der Waals surface area contributed by atoms with Crippen molar-refractivity contribution in [2.75, 3.05) is 0 Å². The molecule has 0 aromatic heterocycles. The Labute approximate surface area is 111 Å². The smallest absolute Gasteiger partial charge is 0.385 e. The molecule has 1 unspecified atom stereocenters. The summed E-state index contributed by atoms with van der Waals surface area (Å²) in [7, 11) is 0. The summed E-state index contributed by atoms with van der Waals surface area (Å²) in [6, 6.07) is 7.59. The number of hydrogen-bond acceptors (Lipinski definition) is 1. The van der Waals surface area contributed by atoms with Gasteiger partial charge in [0.1, 0.15) is 0 Å². The summed E-state index contributed by atoms with van der Waals surface area (Å²) in [5.41, 5.74) is 0.822. The molecule has 106 valence electrons. The van der Waals surface area contributed by atoms with Crippen LogP contribution in [0.25, 0.3) is 0 Å². The summed E-state index contributed by atoms with van der Waals surface area (Å²) in [6.45, 7) is 0. The van der Waals surface area contributed by atoms with Gasteiger partial charge in [-0.2, -0.15) is 13.2 Å². The summed E-state index contributed by atoms with van der Waals surface area (Å²) >= 11 is 0. The maximum absolute atomic E-state index is 12.2. The highest BCUT2D eigenvalue weighted by molar-refractivity contribution is 5.33. The highest BCUT2D eigenvalue weighted by Gasteiger charge is 2.34. The molecule has 2 rings (SSSR count). The normalized spacial score (nSPS) is 23.8. The van der Waals surface area contributed by atoms with E-state index in [1.807, 2.05) is 24.3 Å². The van der Waals surface area contributed by atoms with Crippen molar-refractivity contribution in [1.82, 2.24) is 0 Å². The lowest BCUT2D eigenvalue weighted by Crippen LogP contribution is -2.26. The molecule has 1 aliphatic carbocycles. The maximum Gasteiger partial charge on any atom is 0.389 e. The third-order valence-corrected chi connectivity index (χ3v) is 3.86. The fourth-order valence-electron chi connectivity index (χ4n) is 2.90. The highest BCUT2D eigenvalue weighted by atomic mass is 19.4. The molecule has 0 heterocycles.